The summed E-state index contributed by atoms with van der Waals surface area (Å²) in [5, 5.41) is 13.3. The molecule has 10 heteroatoms. The fraction of sp³-hybridized carbons (Fsp3) is 0.259. The van der Waals surface area contributed by atoms with Crippen LogP contribution in [0.3, 0.4) is 0 Å². The number of amides is 1. The third-order valence-corrected chi connectivity index (χ3v) is 6.97. The lowest BCUT2D eigenvalue weighted by molar-refractivity contribution is -0.140. The second kappa shape index (κ2) is 10.8. The van der Waals surface area contributed by atoms with Crippen molar-refractivity contribution in [2.24, 2.45) is 0 Å². The Hall–Kier alpha value is -4.18. The van der Waals surface area contributed by atoms with Gasteiger partial charge in [0.05, 0.1) is 53.7 Å². The number of carbonyl (C=O) groups excluding carboxylic acids is 2. The molecule has 1 aliphatic heterocycles. The maximum Gasteiger partial charge on any atom is 0.295 e. The molecule has 1 atom stereocenters. The molecule has 0 saturated carbocycles. The van der Waals surface area contributed by atoms with Gasteiger partial charge in [-0.1, -0.05) is 6.07 Å². The van der Waals surface area contributed by atoms with E-state index in [0.717, 1.165) is 4.88 Å². The lowest BCUT2D eigenvalue weighted by Gasteiger charge is -2.26. The van der Waals surface area contributed by atoms with Gasteiger partial charge in [-0.2, -0.15) is 0 Å². The van der Waals surface area contributed by atoms with Crippen LogP contribution in [0, 0.1) is 0 Å². The summed E-state index contributed by atoms with van der Waals surface area (Å²) in [6.45, 7) is 0.173. The number of aliphatic hydroxyl groups excluding tert-OH is 1. The number of rotatable bonds is 9. The number of thiophene rings is 1. The fourth-order valence-corrected chi connectivity index (χ4v) is 5.06. The number of nitrogens with zero attached hydrogens (tertiary/aromatic N) is 1. The molecule has 0 spiro atoms. The number of benzene rings is 2. The fourth-order valence-electron chi connectivity index (χ4n) is 4.36. The van der Waals surface area contributed by atoms with E-state index in [4.69, 9.17) is 23.7 Å². The lowest BCUT2D eigenvalue weighted by atomic mass is 9.94. The first-order valence-electron chi connectivity index (χ1n) is 11.2. The molecule has 1 amide bonds. The van der Waals surface area contributed by atoms with Crippen LogP contribution in [0.2, 0.25) is 0 Å². The van der Waals surface area contributed by atoms with Gasteiger partial charge in [-0.05, 0) is 47.3 Å². The number of ketones is 1. The minimum absolute atomic E-state index is 0.0666. The molecule has 3 aromatic rings. The first kappa shape index (κ1) is 25.9. The number of hydrogen-bond acceptors (Lipinski definition) is 9. The Morgan fingerprint density at radius 2 is 1.51 bits per heavy atom. The zero-order valence-electron chi connectivity index (χ0n) is 21.1. The van der Waals surface area contributed by atoms with Gasteiger partial charge < -0.3 is 33.7 Å². The highest BCUT2D eigenvalue weighted by molar-refractivity contribution is 7.09. The monoisotopic (exact) mass is 525 g/mol. The first-order valence-corrected chi connectivity index (χ1v) is 12.1. The minimum atomic E-state index is -0.927. The SMILES string of the molecule is COc1ccc(/C(O)=C2\C(=O)C(=O)N(Cc3cccs3)C2c2cc(OC)c(OC)c(OC)c2)cc1OC. The van der Waals surface area contributed by atoms with Crippen molar-refractivity contribution in [2.75, 3.05) is 35.5 Å². The van der Waals surface area contributed by atoms with Crippen molar-refractivity contribution in [1.82, 2.24) is 4.90 Å². The molecule has 0 aliphatic carbocycles. The average Bonchev–Trinajstić information content (AvgIpc) is 3.53. The van der Waals surface area contributed by atoms with Crippen LogP contribution in [0.5, 0.6) is 28.7 Å². The highest BCUT2D eigenvalue weighted by Gasteiger charge is 2.46. The molecule has 2 heterocycles. The molecule has 37 heavy (non-hydrogen) atoms. The third kappa shape index (κ3) is 4.67. The topological polar surface area (TPSA) is 104 Å². The number of hydrogen-bond donors (Lipinski definition) is 1. The molecule has 1 aliphatic rings. The standard InChI is InChI=1S/C27H27NO8S/c1-32-18-9-8-15(11-19(18)33-2)24(29)22-23(16-12-20(34-3)26(36-5)21(13-16)35-4)28(27(31)25(22)30)14-17-7-6-10-37-17/h6-13,23,29H,14H2,1-5H3/b24-22+. The Labute approximate surface area is 218 Å². The predicted molar refractivity (Wildman–Crippen MR) is 138 cm³/mol. The molecule has 0 radical (unpaired) electrons. The Balaban J connectivity index is 1.95. The van der Waals surface area contributed by atoms with E-state index in [2.05, 4.69) is 0 Å². The van der Waals surface area contributed by atoms with Gasteiger partial charge >= 0.3 is 0 Å². The third-order valence-electron chi connectivity index (χ3n) is 6.11. The van der Waals surface area contributed by atoms with Gasteiger partial charge in [0, 0.05) is 10.4 Å². The van der Waals surface area contributed by atoms with E-state index in [-0.39, 0.29) is 17.9 Å². The van der Waals surface area contributed by atoms with E-state index in [1.165, 1.54) is 51.8 Å². The minimum Gasteiger partial charge on any atom is -0.507 e. The molecule has 1 N–H and O–H groups in total. The maximum atomic E-state index is 13.4. The molecule has 9 nitrogen and oxygen atoms in total. The van der Waals surface area contributed by atoms with Crippen molar-refractivity contribution >= 4 is 28.8 Å². The molecule has 1 aromatic heterocycles. The van der Waals surface area contributed by atoms with Crippen molar-refractivity contribution in [3.05, 3.63) is 69.4 Å². The number of Topliss-reactive ketones (excluding diaryl/α,β-unsaturated/α-hetero) is 1. The second-order valence-electron chi connectivity index (χ2n) is 8.03. The molecule has 4 rings (SSSR count). The van der Waals surface area contributed by atoms with Crippen molar-refractivity contribution in [3.63, 3.8) is 0 Å². The van der Waals surface area contributed by atoms with Crippen molar-refractivity contribution < 1.29 is 38.4 Å². The zero-order valence-corrected chi connectivity index (χ0v) is 21.9. The van der Waals surface area contributed by atoms with Gasteiger partial charge in [0.25, 0.3) is 11.7 Å². The van der Waals surface area contributed by atoms with E-state index in [0.29, 0.717) is 39.9 Å². The Morgan fingerprint density at radius 1 is 0.865 bits per heavy atom. The molecule has 1 saturated heterocycles. The molecule has 194 valence electrons. The maximum absolute atomic E-state index is 13.4. The number of ether oxygens (including phenoxy) is 5. The summed E-state index contributed by atoms with van der Waals surface area (Å²) in [6, 6.07) is 10.9. The van der Waals surface area contributed by atoms with E-state index in [9.17, 15) is 14.7 Å². The van der Waals surface area contributed by atoms with E-state index >= 15 is 0 Å². The van der Waals surface area contributed by atoms with Crippen LogP contribution in [0.4, 0.5) is 0 Å². The Kier molecular flexibility index (Phi) is 7.58. The quantitative estimate of drug-likeness (QED) is 0.249. The molecular formula is C27H27NO8S. The lowest BCUT2D eigenvalue weighted by Crippen LogP contribution is -2.29. The van der Waals surface area contributed by atoms with Crippen LogP contribution >= 0.6 is 11.3 Å². The summed E-state index contributed by atoms with van der Waals surface area (Å²) in [5.74, 6) is 0.0174. The van der Waals surface area contributed by atoms with Crippen LogP contribution in [-0.4, -0.2) is 57.2 Å². The van der Waals surface area contributed by atoms with Crippen molar-refractivity contribution in [3.8, 4) is 28.7 Å². The van der Waals surface area contributed by atoms with Crippen molar-refractivity contribution in [1.29, 1.82) is 0 Å². The summed E-state index contributed by atoms with van der Waals surface area (Å²) in [5.41, 5.74) is 0.736. The average molecular weight is 526 g/mol. The van der Waals surface area contributed by atoms with E-state index < -0.39 is 17.7 Å². The molecule has 2 aromatic carbocycles. The molecule has 1 fully saturated rings. The van der Waals surface area contributed by atoms with Gasteiger partial charge in [0.2, 0.25) is 5.75 Å². The smallest absolute Gasteiger partial charge is 0.295 e. The van der Waals surface area contributed by atoms with Gasteiger partial charge in [-0.25, -0.2) is 0 Å². The highest BCUT2D eigenvalue weighted by Crippen LogP contribution is 2.46. The number of carbonyl (C=O) groups is 2. The predicted octanol–water partition coefficient (Wildman–Crippen LogP) is 4.41. The zero-order chi connectivity index (χ0) is 26.7. The van der Waals surface area contributed by atoms with Gasteiger partial charge in [0.1, 0.15) is 5.76 Å². The van der Waals surface area contributed by atoms with Crippen LogP contribution in [0.1, 0.15) is 22.0 Å². The van der Waals surface area contributed by atoms with Crippen LogP contribution in [0.25, 0.3) is 5.76 Å². The van der Waals surface area contributed by atoms with E-state index in [1.54, 1.807) is 30.3 Å². The number of likely N-dealkylation sites (tertiary alicyclic amines) is 1. The molecule has 0 bridgehead atoms. The van der Waals surface area contributed by atoms with E-state index in [1.807, 2.05) is 17.5 Å². The van der Waals surface area contributed by atoms with Gasteiger partial charge in [-0.15, -0.1) is 11.3 Å². The summed E-state index contributed by atoms with van der Waals surface area (Å²) in [7, 11) is 7.41. The Morgan fingerprint density at radius 3 is 2.05 bits per heavy atom. The van der Waals surface area contributed by atoms with Crippen molar-refractivity contribution in [2.45, 2.75) is 12.6 Å². The summed E-state index contributed by atoms with van der Waals surface area (Å²) in [4.78, 5) is 29.0. The summed E-state index contributed by atoms with van der Waals surface area (Å²) >= 11 is 1.46. The number of aliphatic hydroxyl groups is 1. The Bertz CT molecular complexity index is 1320. The normalized spacial score (nSPS) is 16.6. The van der Waals surface area contributed by atoms with Crippen LogP contribution in [0.15, 0.2) is 53.4 Å². The first-order chi connectivity index (χ1) is 17.9. The largest absolute Gasteiger partial charge is 0.507 e. The molecular weight excluding hydrogens is 498 g/mol. The van der Waals surface area contributed by atoms with Gasteiger partial charge in [-0.3, -0.25) is 9.59 Å². The van der Waals surface area contributed by atoms with Crippen LogP contribution in [-0.2, 0) is 16.1 Å². The molecule has 1 unspecified atom stereocenters. The summed E-state index contributed by atoms with van der Waals surface area (Å²) in [6.07, 6.45) is 0. The highest BCUT2D eigenvalue weighted by atomic mass is 32.1. The number of methoxy groups -OCH3 is 5. The van der Waals surface area contributed by atoms with Crippen LogP contribution < -0.4 is 23.7 Å². The van der Waals surface area contributed by atoms with Gasteiger partial charge in [0.15, 0.2) is 23.0 Å². The second-order valence-corrected chi connectivity index (χ2v) is 9.07. The summed E-state index contributed by atoms with van der Waals surface area (Å²) < 4.78 is 27.1.